The highest BCUT2D eigenvalue weighted by molar-refractivity contribution is 6.31. The highest BCUT2D eigenvalue weighted by Crippen LogP contribution is 2.34. The average molecular weight is 286 g/mol. The molecule has 0 amide bonds. The average Bonchev–Trinajstić information content (AvgIpc) is 2.28. The van der Waals surface area contributed by atoms with E-state index in [1.807, 2.05) is 6.07 Å². The van der Waals surface area contributed by atoms with Crippen molar-refractivity contribution in [1.82, 2.24) is 5.32 Å². The molecule has 108 valence electrons. The second-order valence-corrected chi connectivity index (χ2v) is 6.80. The van der Waals surface area contributed by atoms with Gasteiger partial charge in [-0.05, 0) is 48.9 Å². The first kappa shape index (κ1) is 16.5. The molecule has 1 rings (SSSR count). The maximum Gasteiger partial charge on any atom is 0.127 e. The Morgan fingerprint density at radius 1 is 1.32 bits per heavy atom. The lowest BCUT2D eigenvalue weighted by Gasteiger charge is -2.28. The standard InChI is InChI=1S/C16H25ClFN/c1-6-7-19-15(10-16(3,4)5)12-8-11(2)14(18)9-13(12)17/h8-9,15,19H,6-7,10H2,1-5H3. The molecule has 1 atom stereocenters. The molecule has 0 aliphatic carbocycles. The fraction of sp³-hybridized carbons (Fsp3) is 0.625. The van der Waals surface area contributed by atoms with Crippen molar-refractivity contribution in [1.29, 1.82) is 0 Å². The van der Waals surface area contributed by atoms with Crippen LogP contribution in [0, 0.1) is 18.2 Å². The molecule has 0 heterocycles. The van der Waals surface area contributed by atoms with Crippen LogP contribution in [-0.2, 0) is 0 Å². The summed E-state index contributed by atoms with van der Waals surface area (Å²) in [4.78, 5) is 0. The van der Waals surface area contributed by atoms with E-state index in [9.17, 15) is 4.39 Å². The van der Waals surface area contributed by atoms with E-state index in [4.69, 9.17) is 11.6 Å². The lowest BCUT2D eigenvalue weighted by Crippen LogP contribution is -2.26. The van der Waals surface area contributed by atoms with Gasteiger partial charge in [0.1, 0.15) is 5.82 Å². The van der Waals surface area contributed by atoms with E-state index in [1.165, 1.54) is 6.07 Å². The summed E-state index contributed by atoms with van der Waals surface area (Å²) in [5.74, 6) is -0.237. The van der Waals surface area contributed by atoms with Crippen molar-refractivity contribution in [2.75, 3.05) is 6.54 Å². The van der Waals surface area contributed by atoms with E-state index in [2.05, 4.69) is 33.0 Å². The number of aryl methyl sites for hydroxylation is 1. The van der Waals surface area contributed by atoms with Crippen molar-refractivity contribution in [3.63, 3.8) is 0 Å². The minimum Gasteiger partial charge on any atom is -0.310 e. The first-order valence-electron chi connectivity index (χ1n) is 6.93. The predicted octanol–water partition coefficient (Wildman–Crippen LogP) is 5.26. The summed E-state index contributed by atoms with van der Waals surface area (Å²) in [6.45, 7) is 11.5. The van der Waals surface area contributed by atoms with Crippen LogP contribution in [0.5, 0.6) is 0 Å². The number of nitrogens with one attached hydrogen (secondary N) is 1. The first-order valence-corrected chi connectivity index (χ1v) is 7.31. The van der Waals surface area contributed by atoms with Crippen LogP contribution in [0.25, 0.3) is 0 Å². The van der Waals surface area contributed by atoms with Crippen LogP contribution in [0.1, 0.15) is 57.7 Å². The molecule has 0 aromatic heterocycles. The molecule has 19 heavy (non-hydrogen) atoms. The van der Waals surface area contributed by atoms with Crippen LogP contribution >= 0.6 is 11.6 Å². The first-order chi connectivity index (χ1) is 8.74. The summed E-state index contributed by atoms with van der Waals surface area (Å²) in [5, 5.41) is 4.04. The Morgan fingerprint density at radius 2 is 1.95 bits per heavy atom. The van der Waals surface area contributed by atoms with Gasteiger partial charge in [0.05, 0.1) is 0 Å². The number of benzene rings is 1. The molecule has 0 spiro atoms. The molecule has 3 heteroatoms. The highest BCUT2D eigenvalue weighted by Gasteiger charge is 2.22. The normalized spacial score (nSPS) is 13.6. The van der Waals surface area contributed by atoms with E-state index in [0.717, 1.165) is 24.9 Å². The van der Waals surface area contributed by atoms with E-state index >= 15 is 0 Å². The third-order valence-electron chi connectivity index (χ3n) is 3.11. The van der Waals surface area contributed by atoms with Crippen LogP contribution in [0.2, 0.25) is 5.02 Å². The zero-order valence-corrected chi connectivity index (χ0v) is 13.4. The van der Waals surface area contributed by atoms with Gasteiger partial charge in [-0.25, -0.2) is 4.39 Å². The molecular formula is C16H25ClFN. The molecule has 1 aromatic carbocycles. The largest absolute Gasteiger partial charge is 0.310 e. The molecule has 1 unspecified atom stereocenters. The number of hydrogen-bond acceptors (Lipinski definition) is 1. The fourth-order valence-electron chi connectivity index (χ4n) is 2.17. The Labute approximate surface area is 121 Å². The molecule has 0 aliphatic heterocycles. The van der Waals surface area contributed by atoms with E-state index in [1.54, 1.807) is 6.92 Å². The third-order valence-corrected chi connectivity index (χ3v) is 3.44. The Kier molecular flexibility index (Phi) is 5.82. The van der Waals surface area contributed by atoms with Gasteiger partial charge in [0, 0.05) is 11.1 Å². The fourth-order valence-corrected chi connectivity index (χ4v) is 2.45. The van der Waals surface area contributed by atoms with Crippen molar-refractivity contribution in [2.24, 2.45) is 5.41 Å². The quantitative estimate of drug-likeness (QED) is 0.778. The van der Waals surface area contributed by atoms with E-state index in [-0.39, 0.29) is 17.3 Å². The summed E-state index contributed by atoms with van der Waals surface area (Å²) in [6, 6.07) is 3.47. The van der Waals surface area contributed by atoms with Gasteiger partial charge in [-0.1, -0.05) is 45.4 Å². The van der Waals surface area contributed by atoms with Crippen LogP contribution in [0.3, 0.4) is 0 Å². The molecule has 1 aromatic rings. The van der Waals surface area contributed by atoms with Gasteiger partial charge in [-0.2, -0.15) is 0 Å². The zero-order valence-electron chi connectivity index (χ0n) is 12.6. The van der Waals surface area contributed by atoms with Gasteiger partial charge in [0.2, 0.25) is 0 Å². The van der Waals surface area contributed by atoms with Crippen molar-refractivity contribution in [3.8, 4) is 0 Å². The van der Waals surface area contributed by atoms with Gasteiger partial charge in [0.25, 0.3) is 0 Å². The Balaban J connectivity index is 3.06. The Bertz CT molecular complexity index is 423. The van der Waals surface area contributed by atoms with Crippen molar-refractivity contribution >= 4 is 11.6 Å². The SMILES string of the molecule is CCCNC(CC(C)(C)C)c1cc(C)c(F)cc1Cl. The molecule has 0 aliphatic rings. The second kappa shape index (κ2) is 6.71. The molecular weight excluding hydrogens is 261 g/mol. The number of hydrogen-bond donors (Lipinski definition) is 1. The molecule has 0 radical (unpaired) electrons. The molecule has 1 nitrogen and oxygen atoms in total. The predicted molar refractivity (Wildman–Crippen MR) is 81.3 cm³/mol. The third kappa shape index (κ3) is 5.12. The van der Waals surface area contributed by atoms with Crippen LogP contribution in [0.15, 0.2) is 12.1 Å². The summed E-state index contributed by atoms with van der Waals surface area (Å²) >= 11 is 6.22. The van der Waals surface area contributed by atoms with E-state index in [0.29, 0.717) is 10.6 Å². The number of halogens is 2. The van der Waals surface area contributed by atoms with Crippen LogP contribution in [0.4, 0.5) is 4.39 Å². The van der Waals surface area contributed by atoms with Gasteiger partial charge < -0.3 is 5.32 Å². The second-order valence-electron chi connectivity index (χ2n) is 6.39. The maximum absolute atomic E-state index is 13.5. The van der Waals surface area contributed by atoms with Gasteiger partial charge in [-0.3, -0.25) is 0 Å². The Morgan fingerprint density at radius 3 is 2.47 bits per heavy atom. The lowest BCUT2D eigenvalue weighted by atomic mass is 9.85. The molecule has 1 N–H and O–H groups in total. The summed E-state index contributed by atoms with van der Waals surface area (Å²) in [7, 11) is 0. The van der Waals surface area contributed by atoms with Gasteiger partial charge in [0.15, 0.2) is 0 Å². The Hall–Kier alpha value is -0.600. The lowest BCUT2D eigenvalue weighted by molar-refractivity contribution is 0.311. The van der Waals surface area contributed by atoms with Crippen molar-refractivity contribution in [3.05, 3.63) is 34.1 Å². The monoisotopic (exact) mass is 285 g/mol. The summed E-state index contributed by atoms with van der Waals surface area (Å²) in [6.07, 6.45) is 2.04. The smallest absolute Gasteiger partial charge is 0.127 e. The molecule has 0 fully saturated rings. The summed E-state index contributed by atoms with van der Waals surface area (Å²) < 4.78 is 13.5. The topological polar surface area (TPSA) is 12.0 Å². The van der Waals surface area contributed by atoms with Crippen LogP contribution in [-0.4, -0.2) is 6.54 Å². The minimum absolute atomic E-state index is 0.173. The molecule has 0 bridgehead atoms. The van der Waals surface area contributed by atoms with Crippen LogP contribution < -0.4 is 5.32 Å². The summed E-state index contributed by atoms with van der Waals surface area (Å²) in [5.41, 5.74) is 1.84. The zero-order chi connectivity index (χ0) is 14.6. The number of rotatable bonds is 5. The molecule has 0 saturated heterocycles. The minimum atomic E-state index is -0.237. The van der Waals surface area contributed by atoms with Crippen molar-refractivity contribution in [2.45, 2.75) is 53.5 Å². The highest BCUT2D eigenvalue weighted by atomic mass is 35.5. The van der Waals surface area contributed by atoms with Gasteiger partial charge >= 0.3 is 0 Å². The van der Waals surface area contributed by atoms with Crippen molar-refractivity contribution < 1.29 is 4.39 Å². The maximum atomic E-state index is 13.5. The molecule has 0 saturated carbocycles. The van der Waals surface area contributed by atoms with Gasteiger partial charge in [-0.15, -0.1) is 0 Å². The van der Waals surface area contributed by atoms with E-state index < -0.39 is 0 Å².